The van der Waals surface area contributed by atoms with E-state index in [0.717, 1.165) is 37.9 Å². The molecule has 1 atom stereocenters. The first-order valence-electron chi connectivity index (χ1n) is 4.10. The Morgan fingerprint density at radius 3 is 3.00 bits per heavy atom. The summed E-state index contributed by atoms with van der Waals surface area (Å²) in [7, 11) is 0. The van der Waals surface area contributed by atoms with Crippen molar-refractivity contribution in [1.29, 1.82) is 0 Å². The minimum Gasteiger partial charge on any atom is -0.381 e. The molecule has 0 spiro atoms. The maximum atomic E-state index is 10.4. The van der Waals surface area contributed by atoms with Gasteiger partial charge in [-0.05, 0) is 18.4 Å². The van der Waals surface area contributed by atoms with E-state index in [9.17, 15) is 4.79 Å². The Kier molecular flexibility index (Phi) is 3.30. The molecule has 0 aromatic heterocycles. The Labute approximate surface area is 67.2 Å². The quantitative estimate of drug-likeness (QED) is 0.455. The molecule has 2 nitrogen and oxygen atoms in total. The summed E-state index contributed by atoms with van der Waals surface area (Å²) in [5, 5.41) is 0. The van der Waals surface area contributed by atoms with Gasteiger partial charge in [-0.25, -0.2) is 0 Å². The van der Waals surface area contributed by atoms with Gasteiger partial charge in [-0.1, -0.05) is 13.0 Å². The molecule has 1 rings (SSSR count). The van der Waals surface area contributed by atoms with Gasteiger partial charge in [-0.15, -0.1) is 0 Å². The van der Waals surface area contributed by atoms with Crippen molar-refractivity contribution in [3.8, 4) is 0 Å². The molecule has 1 unspecified atom stereocenters. The molecule has 62 valence electrons. The lowest BCUT2D eigenvalue weighted by molar-refractivity contribution is -0.105. The van der Waals surface area contributed by atoms with Crippen molar-refractivity contribution in [2.45, 2.75) is 19.8 Å². The standard InChI is InChI=1S/C9H14O2/c1-2-8(6-10)5-9-3-4-11-7-9/h5-6,9H,2-4,7H2,1H3/b8-5+. The van der Waals surface area contributed by atoms with E-state index in [1.807, 2.05) is 13.0 Å². The third-order valence-corrected chi connectivity index (χ3v) is 1.97. The summed E-state index contributed by atoms with van der Waals surface area (Å²) in [5.41, 5.74) is 0.903. The smallest absolute Gasteiger partial charge is 0.145 e. The second-order valence-electron chi connectivity index (χ2n) is 2.84. The highest BCUT2D eigenvalue weighted by Crippen LogP contribution is 2.15. The first kappa shape index (κ1) is 8.47. The van der Waals surface area contributed by atoms with Crippen molar-refractivity contribution in [2.75, 3.05) is 13.2 Å². The van der Waals surface area contributed by atoms with E-state index in [1.54, 1.807) is 0 Å². The minimum absolute atomic E-state index is 0.482. The van der Waals surface area contributed by atoms with Crippen molar-refractivity contribution < 1.29 is 9.53 Å². The summed E-state index contributed by atoms with van der Waals surface area (Å²) in [6, 6.07) is 0. The van der Waals surface area contributed by atoms with Gasteiger partial charge >= 0.3 is 0 Å². The molecule has 1 aliphatic heterocycles. The molecule has 11 heavy (non-hydrogen) atoms. The van der Waals surface area contributed by atoms with E-state index in [-0.39, 0.29) is 0 Å². The minimum atomic E-state index is 0.482. The summed E-state index contributed by atoms with van der Waals surface area (Å²) < 4.78 is 5.19. The van der Waals surface area contributed by atoms with Gasteiger partial charge in [0.2, 0.25) is 0 Å². The van der Waals surface area contributed by atoms with Crippen LogP contribution < -0.4 is 0 Å². The molecular weight excluding hydrogens is 140 g/mol. The third kappa shape index (κ3) is 2.46. The maximum absolute atomic E-state index is 10.4. The monoisotopic (exact) mass is 154 g/mol. The van der Waals surface area contributed by atoms with Crippen LogP contribution in [-0.2, 0) is 9.53 Å². The average molecular weight is 154 g/mol. The molecule has 0 saturated carbocycles. The summed E-state index contributed by atoms with van der Waals surface area (Å²) >= 11 is 0. The van der Waals surface area contributed by atoms with Crippen LogP contribution >= 0.6 is 0 Å². The lowest BCUT2D eigenvalue weighted by Crippen LogP contribution is -1.96. The number of hydrogen-bond donors (Lipinski definition) is 0. The molecule has 0 aromatic carbocycles. The van der Waals surface area contributed by atoms with E-state index < -0.39 is 0 Å². The van der Waals surface area contributed by atoms with Crippen LogP contribution in [-0.4, -0.2) is 19.5 Å². The largest absolute Gasteiger partial charge is 0.381 e. The molecule has 1 aliphatic rings. The van der Waals surface area contributed by atoms with Gasteiger partial charge in [0.15, 0.2) is 0 Å². The zero-order valence-corrected chi connectivity index (χ0v) is 6.88. The first-order chi connectivity index (χ1) is 5.36. The van der Waals surface area contributed by atoms with E-state index in [4.69, 9.17) is 4.74 Å². The number of ether oxygens (including phenoxy) is 1. The number of carbonyl (C=O) groups is 1. The molecule has 0 N–H and O–H groups in total. The van der Waals surface area contributed by atoms with E-state index in [2.05, 4.69) is 0 Å². The number of carbonyl (C=O) groups excluding carboxylic acids is 1. The Hall–Kier alpha value is -0.630. The van der Waals surface area contributed by atoms with Crippen LogP contribution in [0.5, 0.6) is 0 Å². The molecule has 1 saturated heterocycles. The lowest BCUT2D eigenvalue weighted by Gasteiger charge is -2.00. The molecule has 0 radical (unpaired) electrons. The maximum Gasteiger partial charge on any atom is 0.145 e. The molecule has 1 fully saturated rings. The lowest BCUT2D eigenvalue weighted by atomic mass is 10.0. The van der Waals surface area contributed by atoms with Crippen LogP contribution in [0.25, 0.3) is 0 Å². The molecule has 0 aromatic rings. The van der Waals surface area contributed by atoms with Crippen LogP contribution in [0.2, 0.25) is 0 Å². The highest BCUT2D eigenvalue weighted by molar-refractivity contribution is 5.72. The zero-order chi connectivity index (χ0) is 8.10. The fraction of sp³-hybridized carbons (Fsp3) is 0.667. The Balaban J connectivity index is 2.46. The summed E-state index contributed by atoms with van der Waals surface area (Å²) in [5.74, 6) is 0.482. The predicted molar refractivity (Wildman–Crippen MR) is 43.4 cm³/mol. The van der Waals surface area contributed by atoms with Gasteiger partial charge in [-0.3, -0.25) is 4.79 Å². The van der Waals surface area contributed by atoms with Crippen molar-refractivity contribution in [3.05, 3.63) is 11.6 Å². The molecular formula is C9H14O2. The Morgan fingerprint density at radius 2 is 2.55 bits per heavy atom. The van der Waals surface area contributed by atoms with Crippen molar-refractivity contribution >= 4 is 6.29 Å². The number of rotatable bonds is 3. The third-order valence-electron chi connectivity index (χ3n) is 1.97. The topological polar surface area (TPSA) is 26.3 Å². The molecule has 0 amide bonds. The van der Waals surface area contributed by atoms with Gasteiger partial charge in [-0.2, -0.15) is 0 Å². The molecule has 0 aliphatic carbocycles. The van der Waals surface area contributed by atoms with Crippen LogP contribution in [0.15, 0.2) is 11.6 Å². The van der Waals surface area contributed by atoms with Crippen molar-refractivity contribution in [1.82, 2.24) is 0 Å². The molecule has 0 bridgehead atoms. The summed E-state index contributed by atoms with van der Waals surface area (Å²) in [4.78, 5) is 10.4. The Morgan fingerprint density at radius 1 is 1.73 bits per heavy atom. The van der Waals surface area contributed by atoms with Crippen LogP contribution in [0.1, 0.15) is 19.8 Å². The van der Waals surface area contributed by atoms with E-state index in [0.29, 0.717) is 5.92 Å². The van der Waals surface area contributed by atoms with Crippen molar-refractivity contribution in [3.63, 3.8) is 0 Å². The number of allylic oxidation sites excluding steroid dienone is 1. The van der Waals surface area contributed by atoms with Crippen LogP contribution in [0.4, 0.5) is 0 Å². The van der Waals surface area contributed by atoms with Crippen LogP contribution in [0.3, 0.4) is 0 Å². The predicted octanol–water partition coefficient (Wildman–Crippen LogP) is 1.56. The van der Waals surface area contributed by atoms with Gasteiger partial charge in [0.05, 0.1) is 6.61 Å². The second kappa shape index (κ2) is 4.29. The van der Waals surface area contributed by atoms with E-state index >= 15 is 0 Å². The average Bonchev–Trinajstić information content (AvgIpc) is 2.52. The zero-order valence-electron chi connectivity index (χ0n) is 6.88. The highest BCUT2D eigenvalue weighted by atomic mass is 16.5. The summed E-state index contributed by atoms with van der Waals surface area (Å²) in [6.07, 6.45) is 4.88. The number of aldehydes is 1. The highest BCUT2D eigenvalue weighted by Gasteiger charge is 2.12. The summed E-state index contributed by atoms with van der Waals surface area (Å²) in [6.45, 7) is 3.63. The van der Waals surface area contributed by atoms with Gasteiger partial charge < -0.3 is 4.74 Å². The van der Waals surface area contributed by atoms with Crippen LogP contribution in [0, 0.1) is 5.92 Å². The second-order valence-corrected chi connectivity index (χ2v) is 2.84. The molecule has 2 heteroatoms. The fourth-order valence-corrected chi connectivity index (χ4v) is 1.23. The fourth-order valence-electron chi connectivity index (χ4n) is 1.23. The van der Waals surface area contributed by atoms with Crippen molar-refractivity contribution in [2.24, 2.45) is 5.92 Å². The first-order valence-corrected chi connectivity index (χ1v) is 4.10. The van der Waals surface area contributed by atoms with E-state index in [1.165, 1.54) is 0 Å². The van der Waals surface area contributed by atoms with Gasteiger partial charge in [0.1, 0.15) is 6.29 Å². The normalized spacial score (nSPS) is 25.5. The number of hydrogen-bond acceptors (Lipinski definition) is 2. The SMILES string of the molecule is CC/C(C=O)=C\C1CCOC1. The van der Waals surface area contributed by atoms with Gasteiger partial charge in [0.25, 0.3) is 0 Å². The molecule has 1 heterocycles. The van der Waals surface area contributed by atoms with Gasteiger partial charge in [0, 0.05) is 12.5 Å². The Bertz CT molecular complexity index is 155.